The number of hydrogen-bond acceptors (Lipinski definition) is 1. The maximum Gasteiger partial charge on any atom is -0.00161 e. The van der Waals surface area contributed by atoms with Crippen LogP contribution >= 0.6 is 0 Å². The molecule has 84 valence electrons. The van der Waals surface area contributed by atoms with E-state index in [2.05, 4.69) is 25.7 Å². The second kappa shape index (κ2) is 6.44. The van der Waals surface area contributed by atoms with Gasteiger partial charge in [-0.1, -0.05) is 27.2 Å². The summed E-state index contributed by atoms with van der Waals surface area (Å²) in [6.07, 6.45) is 7.07. The quantitative estimate of drug-likeness (QED) is 0.651. The molecule has 0 atom stereocenters. The standard InChI is InChI=1S/C13H27N/c1-4-13-7-10-14(11-8-13)9-5-6-12(2)3/h12-13H,4-11H2,1-3H3. The molecule has 1 aliphatic heterocycles. The number of rotatable bonds is 5. The summed E-state index contributed by atoms with van der Waals surface area (Å²) in [5.41, 5.74) is 0. The van der Waals surface area contributed by atoms with E-state index in [9.17, 15) is 0 Å². The molecule has 0 spiro atoms. The molecule has 1 heteroatoms. The number of hydrogen-bond donors (Lipinski definition) is 0. The summed E-state index contributed by atoms with van der Waals surface area (Å²) in [7, 11) is 0. The predicted octanol–water partition coefficient (Wildman–Crippen LogP) is 3.54. The Morgan fingerprint density at radius 2 is 1.86 bits per heavy atom. The average molecular weight is 197 g/mol. The lowest BCUT2D eigenvalue weighted by Gasteiger charge is -2.31. The second-order valence-corrected chi connectivity index (χ2v) is 5.23. The van der Waals surface area contributed by atoms with Gasteiger partial charge in [0.05, 0.1) is 0 Å². The fourth-order valence-electron chi connectivity index (χ4n) is 2.34. The van der Waals surface area contributed by atoms with E-state index in [4.69, 9.17) is 0 Å². The number of nitrogens with zero attached hydrogens (tertiary/aromatic N) is 1. The first-order chi connectivity index (χ1) is 6.72. The van der Waals surface area contributed by atoms with Crippen molar-refractivity contribution in [2.24, 2.45) is 11.8 Å². The summed E-state index contributed by atoms with van der Waals surface area (Å²) in [5, 5.41) is 0. The van der Waals surface area contributed by atoms with E-state index >= 15 is 0 Å². The van der Waals surface area contributed by atoms with Crippen LogP contribution in [0.2, 0.25) is 0 Å². The third-order valence-electron chi connectivity index (χ3n) is 3.54. The smallest absolute Gasteiger partial charge is 0.00161 e. The molecule has 0 aromatic carbocycles. The minimum Gasteiger partial charge on any atom is -0.303 e. The van der Waals surface area contributed by atoms with Gasteiger partial charge in [-0.3, -0.25) is 0 Å². The van der Waals surface area contributed by atoms with Crippen LogP contribution in [0.15, 0.2) is 0 Å². The average Bonchev–Trinajstić information content (AvgIpc) is 2.18. The number of likely N-dealkylation sites (tertiary alicyclic amines) is 1. The monoisotopic (exact) mass is 197 g/mol. The van der Waals surface area contributed by atoms with Gasteiger partial charge in [-0.05, 0) is 57.2 Å². The lowest BCUT2D eigenvalue weighted by Crippen LogP contribution is -2.34. The second-order valence-electron chi connectivity index (χ2n) is 5.23. The highest BCUT2D eigenvalue weighted by molar-refractivity contribution is 4.71. The van der Waals surface area contributed by atoms with E-state index in [-0.39, 0.29) is 0 Å². The summed E-state index contributed by atoms with van der Waals surface area (Å²) in [6.45, 7) is 11.0. The van der Waals surface area contributed by atoms with E-state index in [0.717, 1.165) is 11.8 Å². The van der Waals surface area contributed by atoms with Crippen molar-refractivity contribution in [3.63, 3.8) is 0 Å². The topological polar surface area (TPSA) is 3.24 Å². The third kappa shape index (κ3) is 4.45. The first-order valence-corrected chi connectivity index (χ1v) is 6.44. The van der Waals surface area contributed by atoms with Crippen molar-refractivity contribution in [3.05, 3.63) is 0 Å². The van der Waals surface area contributed by atoms with Crippen molar-refractivity contribution >= 4 is 0 Å². The van der Waals surface area contributed by atoms with Crippen molar-refractivity contribution in [2.45, 2.75) is 52.9 Å². The lowest BCUT2D eigenvalue weighted by atomic mass is 9.94. The highest BCUT2D eigenvalue weighted by Gasteiger charge is 2.16. The summed E-state index contributed by atoms with van der Waals surface area (Å²) in [5.74, 6) is 1.90. The normalized spacial score (nSPS) is 20.6. The zero-order chi connectivity index (χ0) is 10.4. The van der Waals surface area contributed by atoms with Gasteiger partial charge in [0.25, 0.3) is 0 Å². The maximum absolute atomic E-state index is 2.66. The van der Waals surface area contributed by atoms with Crippen molar-refractivity contribution in [1.82, 2.24) is 4.90 Å². The summed E-state index contributed by atoms with van der Waals surface area (Å²) < 4.78 is 0. The summed E-state index contributed by atoms with van der Waals surface area (Å²) in [6, 6.07) is 0. The van der Waals surface area contributed by atoms with Crippen molar-refractivity contribution in [3.8, 4) is 0 Å². The molecule has 0 unspecified atom stereocenters. The fraction of sp³-hybridized carbons (Fsp3) is 1.00. The molecule has 0 amide bonds. The van der Waals surface area contributed by atoms with E-state index in [0.29, 0.717) is 0 Å². The molecule has 1 nitrogen and oxygen atoms in total. The van der Waals surface area contributed by atoms with Crippen LogP contribution in [0.4, 0.5) is 0 Å². The molecule has 14 heavy (non-hydrogen) atoms. The highest BCUT2D eigenvalue weighted by atomic mass is 15.1. The van der Waals surface area contributed by atoms with Gasteiger partial charge in [0.2, 0.25) is 0 Å². The Hall–Kier alpha value is -0.0400. The van der Waals surface area contributed by atoms with Gasteiger partial charge in [0.1, 0.15) is 0 Å². The SMILES string of the molecule is CCC1CCN(CCCC(C)C)CC1. The molecule has 1 heterocycles. The van der Waals surface area contributed by atoms with Crippen LogP contribution in [0.1, 0.15) is 52.9 Å². The molecule has 1 aliphatic rings. The van der Waals surface area contributed by atoms with Crippen LogP contribution in [0, 0.1) is 11.8 Å². The molecular weight excluding hydrogens is 170 g/mol. The zero-order valence-corrected chi connectivity index (χ0v) is 10.3. The maximum atomic E-state index is 2.66. The van der Waals surface area contributed by atoms with Crippen LogP contribution in [-0.4, -0.2) is 24.5 Å². The molecule has 0 bridgehead atoms. The van der Waals surface area contributed by atoms with Crippen LogP contribution in [0.25, 0.3) is 0 Å². The van der Waals surface area contributed by atoms with Gasteiger partial charge >= 0.3 is 0 Å². The van der Waals surface area contributed by atoms with Crippen LogP contribution in [0.3, 0.4) is 0 Å². The van der Waals surface area contributed by atoms with Gasteiger partial charge in [0.15, 0.2) is 0 Å². The highest BCUT2D eigenvalue weighted by Crippen LogP contribution is 2.20. The van der Waals surface area contributed by atoms with Crippen molar-refractivity contribution < 1.29 is 0 Å². The van der Waals surface area contributed by atoms with E-state index in [1.807, 2.05) is 0 Å². The first kappa shape index (κ1) is 12.0. The minimum absolute atomic E-state index is 0.878. The van der Waals surface area contributed by atoms with Gasteiger partial charge < -0.3 is 4.90 Å². The summed E-state index contributed by atoms with van der Waals surface area (Å²) in [4.78, 5) is 2.66. The largest absolute Gasteiger partial charge is 0.303 e. The van der Waals surface area contributed by atoms with Crippen molar-refractivity contribution in [2.75, 3.05) is 19.6 Å². The minimum atomic E-state index is 0.878. The molecule has 0 aliphatic carbocycles. The molecule has 0 aromatic heterocycles. The molecule has 1 saturated heterocycles. The Balaban J connectivity index is 2.04. The van der Waals surface area contributed by atoms with Gasteiger partial charge in [-0.25, -0.2) is 0 Å². The number of piperidine rings is 1. The first-order valence-electron chi connectivity index (χ1n) is 6.44. The Morgan fingerprint density at radius 3 is 2.36 bits per heavy atom. The molecular formula is C13H27N. The van der Waals surface area contributed by atoms with Gasteiger partial charge in [-0.15, -0.1) is 0 Å². The Labute approximate surface area is 89.9 Å². The van der Waals surface area contributed by atoms with E-state index in [1.54, 1.807) is 0 Å². The molecule has 0 radical (unpaired) electrons. The lowest BCUT2D eigenvalue weighted by molar-refractivity contribution is 0.177. The zero-order valence-electron chi connectivity index (χ0n) is 10.3. The molecule has 0 aromatic rings. The molecule has 0 saturated carbocycles. The fourth-order valence-corrected chi connectivity index (χ4v) is 2.34. The van der Waals surface area contributed by atoms with Crippen LogP contribution < -0.4 is 0 Å². The van der Waals surface area contributed by atoms with Gasteiger partial charge in [0, 0.05) is 0 Å². The van der Waals surface area contributed by atoms with Crippen molar-refractivity contribution in [1.29, 1.82) is 0 Å². The molecule has 1 rings (SSSR count). The molecule has 1 fully saturated rings. The predicted molar refractivity (Wildman–Crippen MR) is 63.5 cm³/mol. The summed E-state index contributed by atoms with van der Waals surface area (Å²) >= 11 is 0. The van der Waals surface area contributed by atoms with Crippen LogP contribution in [-0.2, 0) is 0 Å². The van der Waals surface area contributed by atoms with E-state index < -0.39 is 0 Å². The third-order valence-corrected chi connectivity index (χ3v) is 3.54. The van der Waals surface area contributed by atoms with Gasteiger partial charge in [-0.2, -0.15) is 0 Å². The Kier molecular flexibility index (Phi) is 5.54. The Morgan fingerprint density at radius 1 is 1.21 bits per heavy atom. The molecule has 0 N–H and O–H groups in total. The Bertz CT molecular complexity index is 134. The van der Waals surface area contributed by atoms with E-state index in [1.165, 1.54) is 51.7 Å². The van der Waals surface area contributed by atoms with Crippen LogP contribution in [0.5, 0.6) is 0 Å².